The van der Waals surface area contributed by atoms with Gasteiger partial charge in [-0.3, -0.25) is 9.59 Å². The molecule has 2 aliphatic rings. The highest BCUT2D eigenvalue weighted by molar-refractivity contribution is 6.03. The molecule has 0 unspecified atom stereocenters. The first-order valence-electron chi connectivity index (χ1n) is 13.3. The van der Waals surface area contributed by atoms with Crippen molar-refractivity contribution in [3.05, 3.63) is 131 Å². The maximum Gasteiger partial charge on any atom is 0.327 e. The Morgan fingerprint density at radius 1 is 0.744 bits per heavy atom. The molecular weight excluding hydrogens is 492 g/mol. The molecule has 1 saturated heterocycles. The van der Waals surface area contributed by atoms with Crippen LogP contribution in [0.4, 0.5) is 0 Å². The number of benzene rings is 3. The van der Waals surface area contributed by atoms with Gasteiger partial charge in [-0.05, 0) is 54.7 Å². The molecule has 0 N–H and O–H groups in total. The molecule has 6 rings (SSSR count). The van der Waals surface area contributed by atoms with Crippen molar-refractivity contribution in [3.8, 4) is 0 Å². The minimum absolute atomic E-state index is 0.0522. The van der Waals surface area contributed by atoms with Crippen LogP contribution in [0.15, 0.2) is 108 Å². The first-order chi connectivity index (χ1) is 19.1. The van der Waals surface area contributed by atoms with E-state index >= 15 is 0 Å². The SMILES string of the molecule is CCOC(=O)C1(C(=O)OCC)C[C@@H](c2ccco2)[C@@]2(c3ccccc3)O[C@]1(c1ccccc1)c1ccccc12. The first-order valence-corrected chi connectivity index (χ1v) is 13.3. The molecule has 0 spiro atoms. The fraction of sp³-hybridized carbons (Fsp3) is 0.273. The minimum atomic E-state index is -1.86. The molecule has 0 radical (unpaired) electrons. The number of fused-ring (bicyclic) bond motifs is 5. The summed E-state index contributed by atoms with van der Waals surface area (Å²) in [6, 6.07) is 30.9. The van der Waals surface area contributed by atoms with Crippen LogP contribution in [0.25, 0.3) is 0 Å². The molecule has 1 aromatic heterocycles. The number of carbonyl (C=O) groups excluding carboxylic acids is 2. The van der Waals surface area contributed by atoms with Crippen molar-refractivity contribution in [1.29, 1.82) is 0 Å². The highest BCUT2D eigenvalue weighted by Crippen LogP contribution is 2.71. The third-order valence-electron chi connectivity index (χ3n) is 8.14. The quantitative estimate of drug-likeness (QED) is 0.216. The summed E-state index contributed by atoms with van der Waals surface area (Å²) < 4.78 is 24.9. The average molecular weight is 523 g/mol. The number of furan rings is 1. The van der Waals surface area contributed by atoms with Crippen molar-refractivity contribution >= 4 is 11.9 Å². The maximum atomic E-state index is 14.3. The summed E-state index contributed by atoms with van der Waals surface area (Å²) in [5.41, 5.74) is -1.27. The van der Waals surface area contributed by atoms with E-state index in [2.05, 4.69) is 0 Å². The zero-order chi connectivity index (χ0) is 27.1. The van der Waals surface area contributed by atoms with Gasteiger partial charge in [0.25, 0.3) is 0 Å². The van der Waals surface area contributed by atoms with E-state index in [0.29, 0.717) is 11.3 Å². The Labute approximate surface area is 227 Å². The molecule has 198 valence electrons. The second-order valence-electron chi connectivity index (χ2n) is 9.91. The summed E-state index contributed by atoms with van der Waals surface area (Å²) in [7, 11) is 0. The lowest BCUT2D eigenvalue weighted by molar-refractivity contribution is -0.238. The molecule has 6 nitrogen and oxygen atoms in total. The molecule has 2 bridgehead atoms. The van der Waals surface area contributed by atoms with E-state index in [1.54, 1.807) is 20.1 Å². The van der Waals surface area contributed by atoms with E-state index in [-0.39, 0.29) is 19.6 Å². The molecule has 3 atom stereocenters. The Hall–Kier alpha value is -4.16. The van der Waals surface area contributed by atoms with Gasteiger partial charge in [0.2, 0.25) is 5.41 Å². The lowest BCUT2D eigenvalue weighted by atomic mass is 9.59. The van der Waals surface area contributed by atoms with Crippen molar-refractivity contribution in [2.24, 2.45) is 5.41 Å². The largest absolute Gasteiger partial charge is 0.469 e. The molecule has 1 fully saturated rings. The molecule has 3 heterocycles. The number of hydrogen-bond donors (Lipinski definition) is 0. The molecule has 0 saturated carbocycles. The number of esters is 2. The third kappa shape index (κ3) is 3.31. The van der Waals surface area contributed by atoms with Crippen LogP contribution in [-0.2, 0) is 35.0 Å². The summed E-state index contributed by atoms with van der Waals surface area (Å²) in [5.74, 6) is -1.30. The Morgan fingerprint density at radius 3 is 1.87 bits per heavy atom. The molecule has 39 heavy (non-hydrogen) atoms. The van der Waals surface area contributed by atoms with Gasteiger partial charge in [-0.25, -0.2) is 0 Å². The Bertz CT molecular complexity index is 1460. The fourth-order valence-corrected chi connectivity index (χ4v) is 6.71. The van der Waals surface area contributed by atoms with Gasteiger partial charge in [-0.15, -0.1) is 0 Å². The van der Waals surface area contributed by atoms with Crippen molar-refractivity contribution in [2.45, 2.75) is 37.4 Å². The molecule has 4 aromatic rings. The van der Waals surface area contributed by atoms with Crippen LogP contribution in [0, 0.1) is 5.41 Å². The summed E-state index contributed by atoms with van der Waals surface area (Å²) >= 11 is 0. The van der Waals surface area contributed by atoms with Gasteiger partial charge in [0, 0.05) is 0 Å². The van der Waals surface area contributed by atoms with E-state index < -0.39 is 34.5 Å². The van der Waals surface area contributed by atoms with Gasteiger partial charge >= 0.3 is 11.9 Å². The van der Waals surface area contributed by atoms with Crippen LogP contribution in [-0.4, -0.2) is 25.2 Å². The zero-order valence-corrected chi connectivity index (χ0v) is 22.0. The van der Waals surface area contributed by atoms with Crippen LogP contribution in [0.3, 0.4) is 0 Å². The lowest BCUT2D eigenvalue weighted by Gasteiger charge is -2.53. The van der Waals surface area contributed by atoms with E-state index in [4.69, 9.17) is 18.6 Å². The van der Waals surface area contributed by atoms with Gasteiger partial charge in [0.15, 0.2) is 0 Å². The zero-order valence-electron chi connectivity index (χ0n) is 22.0. The van der Waals surface area contributed by atoms with Crippen LogP contribution in [0.1, 0.15) is 54.2 Å². The van der Waals surface area contributed by atoms with Gasteiger partial charge in [-0.2, -0.15) is 0 Å². The molecular formula is C33H30O6. The Kier molecular flexibility index (Phi) is 6.15. The van der Waals surface area contributed by atoms with E-state index in [1.165, 1.54) is 0 Å². The van der Waals surface area contributed by atoms with Crippen LogP contribution in [0.2, 0.25) is 0 Å². The molecule has 2 aliphatic heterocycles. The molecule has 6 heteroatoms. The number of ether oxygens (including phenoxy) is 3. The van der Waals surface area contributed by atoms with Crippen LogP contribution >= 0.6 is 0 Å². The Morgan fingerprint density at radius 2 is 1.31 bits per heavy atom. The van der Waals surface area contributed by atoms with Crippen molar-refractivity contribution in [1.82, 2.24) is 0 Å². The predicted octanol–water partition coefficient (Wildman–Crippen LogP) is 6.10. The summed E-state index contributed by atoms with van der Waals surface area (Å²) in [4.78, 5) is 28.7. The summed E-state index contributed by atoms with van der Waals surface area (Å²) in [6.45, 7) is 3.66. The Balaban J connectivity index is 1.79. The molecule has 0 amide bonds. The summed E-state index contributed by atoms with van der Waals surface area (Å²) in [5, 5.41) is 0. The predicted molar refractivity (Wildman–Crippen MR) is 144 cm³/mol. The van der Waals surface area contributed by atoms with Crippen molar-refractivity contribution < 1.29 is 28.2 Å². The number of carbonyl (C=O) groups is 2. The van der Waals surface area contributed by atoms with Gasteiger partial charge in [-0.1, -0.05) is 84.9 Å². The highest BCUT2D eigenvalue weighted by atomic mass is 16.6. The van der Waals surface area contributed by atoms with Crippen LogP contribution in [0.5, 0.6) is 0 Å². The van der Waals surface area contributed by atoms with Gasteiger partial charge in [0.1, 0.15) is 17.0 Å². The van der Waals surface area contributed by atoms with E-state index in [1.807, 2.05) is 97.1 Å². The second kappa shape index (κ2) is 9.54. The monoisotopic (exact) mass is 522 g/mol. The third-order valence-corrected chi connectivity index (χ3v) is 8.14. The van der Waals surface area contributed by atoms with Crippen molar-refractivity contribution in [3.63, 3.8) is 0 Å². The topological polar surface area (TPSA) is 75.0 Å². The minimum Gasteiger partial charge on any atom is -0.469 e. The number of hydrogen-bond acceptors (Lipinski definition) is 6. The van der Waals surface area contributed by atoms with Gasteiger partial charge in [0.05, 0.1) is 25.4 Å². The smallest absolute Gasteiger partial charge is 0.327 e. The standard InChI is InChI=1S/C33H30O6/c1-3-36-29(34)31(30(35)37-4-2)22-27(28-20-13-21-38-28)32(23-14-7-5-8-15-23)25-18-11-12-19-26(25)33(31,39-32)24-16-9-6-10-17-24/h5-21,27H,3-4,22H2,1-2H3/t27-,32-,33+/m0/s1. The van der Waals surface area contributed by atoms with E-state index in [0.717, 1.165) is 16.7 Å². The highest BCUT2D eigenvalue weighted by Gasteiger charge is 2.78. The summed E-state index contributed by atoms with van der Waals surface area (Å²) in [6.07, 6.45) is 1.65. The van der Waals surface area contributed by atoms with Gasteiger partial charge < -0.3 is 18.6 Å². The van der Waals surface area contributed by atoms with E-state index in [9.17, 15) is 9.59 Å². The van der Waals surface area contributed by atoms with Crippen LogP contribution < -0.4 is 0 Å². The normalized spacial score (nSPS) is 24.5. The second-order valence-corrected chi connectivity index (χ2v) is 9.91. The fourth-order valence-electron chi connectivity index (χ4n) is 6.71. The maximum absolute atomic E-state index is 14.3. The number of rotatable bonds is 7. The average Bonchev–Trinajstić information content (AvgIpc) is 3.61. The molecule has 3 aromatic carbocycles. The first kappa shape index (κ1) is 25.1. The lowest BCUT2D eigenvalue weighted by Crippen LogP contribution is -2.63. The molecule has 0 aliphatic carbocycles. The van der Waals surface area contributed by atoms with Crippen molar-refractivity contribution in [2.75, 3.05) is 13.2 Å².